The molecule has 1 unspecified atom stereocenters. The van der Waals surface area contributed by atoms with Crippen LogP contribution in [0.25, 0.3) is 16.5 Å². The first-order chi connectivity index (χ1) is 30.4. The van der Waals surface area contributed by atoms with Gasteiger partial charge in [0.25, 0.3) is 5.91 Å². The van der Waals surface area contributed by atoms with Crippen LogP contribution in [0.5, 0.6) is 17.2 Å². The van der Waals surface area contributed by atoms with Crippen molar-refractivity contribution in [3.63, 3.8) is 0 Å². The molecule has 2 saturated heterocycles. The van der Waals surface area contributed by atoms with E-state index in [-0.39, 0.29) is 33.1 Å². The van der Waals surface area contributed by atoms with Crippen LogP contribution in [0.1, 0.15) is 74.7 Å². The van der Waals surface area contributed by atoms with Gasteiger partial charge in [-0.15, -0.1) is 0 Å². The van der Waals surface area contributed by atoms with Gasteiger partial charge in [-0.05, 0) is 116 Å². The van der Waals surface area contributed by atoms with Crippen LogP contribution >= 0.6 is 11.6 Å². The van der Waals surface area contributed by atoms with Crippen LogP contribution in [0.15, 0.2) is 95.5 Å². The van der Waals surface area contributed by atoms with Gasteiger partial charge >= 0.3 is 5.69 Å². The van der Waals surface area contributed by atoms with Gasteiger partial charge in [-0.3, -0.25) is 29.6 Å². The number of hydrogen-bond acceptors (Lipinski definition) is 10. The monoisotopic (exact) mass is 892 g/mol. The summed E-state index contributed by atoms with van der Waals surface area (Å²) in [6, 6.07) is 23.3. The molecule has 15 heteroatoms. The number of anilines is 1. The Labute approximate surface area is 374 Å². The second-order valence-electron chi connectivity index (χ2n) is 18.4. The molecule has 9 rings (SSSR count). The maximum atomic E-state index is 14.0. The Balaban J connectivity index is 0.898. The predicted octanol–water partition coefficient (Wildman–Crippen LogP) is 9.74. The van der Waals surface area contributed by atoms with E-state index in [2.05, 4.69) is 50.7 Å². The van der Waals surface area contributed by atoms with Crippen LogP contribution in [0.2, 0.25) is 5.02 Å². The summed E-state index contributed by atoms with van der Waals surface area (Å²) in [5.74, 6) is 0.514. The smallest absolute Gasteiger partial charge is 0.312 e. The Bertz CT molecular complexity index is 2560. The highest BCUT2D eigenvalue weighted by atomic mass is 35.5. The Kier molecular flexibility index (Phi) is 12.3. The van der Waals surface area contributed by atoms with Crippen molar-refractivity contribution < 1.29 is 28.1 Å². The highest BCUT2D eigenvalue weighted by Gasteiger charge is 2.41. The number of nitro benzene ring substituents is 1. The summed E-state index contributed by atoms with van der Waals surface area (Å²) in [7, 11) is -2.14. The fourth-order valence-electron chi connectivity index (χ4n) is 9.45. The van der Waals surface area contributed by atoms with E-state index in [4.69, 9.17) is 25.8 Å². The van der Waals surface area contributed by atoms with Crippen molar-refractivity contribution in [1.29, 1.82) is 0 Å². The number of halogens is 1. The first-order valence-corrected chi connectivity index (χ1v) is 23.3. The fraction of sp³-hybridized carbons (Fsp3) is 0.417. The van der Waals surface area contributed by atoms with Gasteiger partial charge in [0.05, 0.1) is 52.3 Å². The number of aromatic amines is 1. The van der Waals surface area contributed by atoms with Crippen molar-refractivity contribution >= 4 is 56.3 Å². The third kappa shape index (κ3) is 9.64. The summed E-state index contributed by atoms with van der Waals surface area (Å²) in [5.41, 5.74) is 6.22. The van der Waals surface area contributed by atoms with Gasteiger partial charge in [0.1, 0.15) is 11.5 Å². The van der Waals surface area contributed by atoms with E-state index in [0.29, 0.717) is 23.7 Å². The van der Waals surface area contributed by atoms with E-state index in [1.807, 2.05) is 36.4 Å². The number of nitrogens with zero attached hydrogens (tertiary/aromatic N) is 4. The molecule has 3 heterocycles. The maximum Gasteiger partial charge on any atom is 0.312 e. The fourth-order valence-corrected chi connectivity index (χ4v) is 10.4. The molecule has 0 bridgehead atoms. The summed E-state index contributed by atoms with van der Waals surface area (Å²) in [4.78, 5) is 30.5. The summed E-state index contributed by atoms with van der Waals surface area (Å²) in [6.45, 7) is 10.9. The Hall–Kier alpha value is -5.28. The van der Waals surface area contributed by atoms with Crippen molar-refractivity contribution in [3.05, 3.63) is 117 Å². The number of allylic oxidation sites excluding steroid dienone is 1. The van der Waals surface area contributed by atoms with Crippen molar-refractivity contribution in [2.24, 2.45) is 16.7 Å². The summed E-state index contributed by atoms with van der Waals surface area (Å²) in [5, 5.41) is 20.8. The van der Waals surface area contributed by atoms with Gasteiger partial charge in [0.15, 0.2) is 16.7 Å². The maximum absolute atomic E-state index is 14.0. The zero-order valence-electron chi connectivity index (χ0n) is 35.7. The van der Waals surface area contributed by atoms with Crippen LogP contribution in [0.4, 0.5) is 11.4 Å². The Morgan fingerprint density at radius 1 is 0.984 bits per heavy atom. The number of benzene rings is 4. The molecule has 2 aliphatic heterocycles. The van der Waals surface area contributed by atoms with Gasteiger partial charge in [-0.2, -0.15) is 5.10 Å². The highest BCUT2D eigenvalue weighted by molar-refractivity contribution is 7.83. The van der Waals surface area contributed by atoms with Crippen LogP contribution in [0, 0.1) is 26.9 Å². The molecular formula is C48H53ClN6O7S. The van der Waals surface area contributed by atoms with Gasteiger partial charge in [-0.1, -0.05) is 49.2 Å². The average molecular weight is 894 g/mol. The van der Waals surface area contributed by atoms with Crippen molar-refractivity contribution in [3.8, 4) is 17.2 Å². The van der Waals surface area contributed by atoms with E-state index >= 15 is 0 Å². The Morgan fingerprint density at radius 3 is 2.49 bits per heavy atom. The predicted molar refractivity (Wildman–Crippen MR) is 245 cm³/mol. The number of nitrogens with one attached hydrogen (secondary N) is 2. The third-order valence-electron chi connectivity index (χ3n) is 13.4. The molecule has 1 spiro atoms. The number of carbonyl (C=O) groups excluding carboxylic acids is 1. The molecule has 1 atom stereocenters. The number of rotatable bonds is 13. The molecule has 1 aromatic heterocycles. The van der Waals surface area contributed by atoms with Crippen LogP contribution in [0.3, 0.4) is 0 Å². The zero-order valence-corrected chi connectivity index (χ0v) is 37.3. The highest BCUT2D eigenvalue weighted by Crippen LogP contribution is 2.45. The minimum atomic E-state index is -2.14. The number of carbonyl (C=O) groups is 1. The first kappa shape index (κ1) is 43.0. The molecule has 63 heavy (non-hydrogen) atoms. The minimum Gasteiger partial charge on any atom is -0.487 e. The molecule has 2 aliphatic carbocycles. The number of piperazine rings is 1. The van der Waals surface area contributed by atoms with Crippen molar-refractivity contribution in [2.45, 2.75) is 63.7 Å². The van der Waals surface area contributed by atoms with E-state index in [1.54, 1.807) is 18.3 Å². The second-order valence-corrected chi connectivity index (χ2v) is 20.0. The van der Waals surface area contributed by atoms with Crippen LogP contribution in [-0.4, -0.2) is 82.7 Å². The van der Waals surface area contributed by atoms with Gasteiger partial charge < -0.3 is 19.1 Å². The van der Waals surface area contributed by atoms with E-state index in [0.717, 1.165) is 112 Å². The number of aromatic nitrogens is 2. The number of ether oxygens (including phenoxy) is 3. The number of H-pyrrole nitrogens is 1. The van der Waals surface area contributed by atoms with Crippen LogP contribution in [-0.2, 0) is 15.7 Å². The summed E-state index contributed by atoms with van der Waals surface area (Å²) in [6.07, 6.45) is 9.02. The molecule has 1 amide bonds. The minimum absolute atomic E-state index is 0.0695. The van der Waals surface area contributed by atoms with Crippen molar-refractivity contribution in [2.75, 3.05) is 57.4 Å². The van der Waals surface area contributed by atoms with Gasteiger partial charge in [0.2, 0.25) is 0 Å². The van der Waals surface area contributed by atoms with E-state index < -0.39 is 21.8 Å². The second kappa shape index (κ2) is 18.1. The number of nitro groups is 1. The zero-order chi connectivity index (χ0) is 43.7. The molecule has 4 aliphatic rings. The standard InChI is InChI=1S/C48H53ClN6O7S/c1-47(2)17-16-34(39(26-47)33-6-8-35(49)9-7-33)28-53-20-22-54(23-21-53)36-10-12-38(45(24-36)62-43-5-3-4-41-40(43)27-50-51-41)46(56)52-63(59)37-11-13-44(42(25-37)55(57)58)61-29-32-14-18-48(19-15-32)30-60-31-48/h3-13,24-25,27,32H,14-23,26,28-31H2,1-2H3,(H,50,51)(H,52,56). The molecule has 3 fully saturated rings. The van der Waals surface area contributed by atoms with Crippen molar-refractivity contribution in [1.82, 2.24) is 19.8 Å². The normalized spacial score (nSPS) is 19.4. The number of amides is 1. The summed E-state index contributed by atoms with van der Waals surface area (Å²) >= 11 is 6.25. The van der Waals surface area contributed by atoms with E-state index in [1.165, 1.54) is 34.9 Å². The molecule has 0 radical (unpaired) electrons. The molecule has 5 aromatic rings. The van der Waals surface area contributed by atoms with Gasteiger partial charge in [-0.25, -0.2) is 4.21 Å². The largest absolute Gasteiger partial charge is 0.487 e. The van der Waals surface area contributed by atoms with E-state index in [9.17, 15) is 19.1 Å². The lowest BCUT2D eigenvalue weighted by atomic mass is 9.69. The van der Waals surface area contributed by atoms with Gasteiger partial charge in [0, 0.05) is 61.0 Å². The lowest BCUT2D eigenvalue weighted by molar-refractivity contribution is -0.386. The topological polar surface area (TPSA) is 152 Å². The lowest BCUT2D eigenvalue weighted by Crippen LogP contribution is -2.47. The third-order valence-corrected chi connectivity index (χ3v) is 14.7. The molecule has 330 valence electrons. The molecule has 1 saturated carbocycles. The average Bonchev–Trinajstić information content (AvgIpc) is 3.76. The first-order valence-electron chi connectivity index (χ1n) is 21.8. The number of hydrogen-bond donors (Lipinski definition) is 2. The summed E-state index contributed by atoms with van der Waals surface area (Å²) < 4.78 is 34.2. The Morgan fingerprint density at radius 2 is 1.76 bits per heavy atom. The van der Waals surface area contributed by atoms with Crippen LogP contribution < -0.4 is 19.1 Å². The quantitative estimate of drug-likeness (QED) is 0.0864. The SMILES string of the molecule is CC1(C)CCC(CN2CCN(c3ccc(C(=O)NS(=O)c4ccc(OCC5CCC6(CC5)COC6)c([N+](=O)[O-])c4)c(Oc4cccc5[nH]ncc45)c3)CC2)=C(c2ccc(Cl)cc2)C1. The number of fused-ring (bicyclic) bond motifs is 1. The molecule has 13 nitrogen and oxygen atoms in total. The molecular weight excluding hydrogens is 840 g/mol. The lowest BCUT2D eigenvalue weighted by Gasteiger charge is -2.46. The molecule has 4 aromatic carbocycles. The molecule has 2 N–H and O–H groups in total.